The summed E-state index contributed by atoms with van der Waals surface area (Å²) in [5, 5.41) is 13.8. The highest BCUT2D eigenvalue weighted by Crippen LogP contribution is 2.54. The molecule has 2 aliphatic rings. The molecule has 5 rings (SSSR count). The van der Waals surface area contributed by atoms with Gasteiger partial charge in [-0.05, 0) is 56.2 Å². The highest BCUT2D eigenvalue weighted by atomic mass is 35.5. The predicted molar refractivity (Wildman–Crippen MR) is 98.6 cm³/mol. The number of aromatic amines is 1. The van der Waals surface area contributed by atoms with Gasteiger partial charge in [-0.25, -0.2) is 4.98 Å². The second-order valence-corrected chi connectivity index (χ2v) is 7.71. The van der Waals surface area contributed by atoms with E-state index in [1.165, 1.54) is 4.52 Å². The monoisotopic (exact) mass is 364 g/mol. The number of aryl methyl sites for hydroxylation is 1. The molecule has 5 nitrogen and oxygen atoms in total. The van der Waals surface area contributed by atoms with Crippen LogP contribution in [0.5, 0.6) is 0 Å². The van der Waals surface area contributed by atoms with E-state index in [-0.39, 0.29) is 11.0 Å². The Bertz CT molecular complexity index is 1130. The molecule has 26 heavy (non-hydrogen) atoms. The van der Waals surface area contributed by atoms with Crippen molar-refractivity contribution >= 4 is 17.2 Å². The van der Waals surface area contributed by atoms with Gasteiger partial charge in [-0.2, -0.15) is 9.78 Å². The van der Waals surface area contributed by atoms with Gasteiger partial charge in [0.05, 0.1) is 11.4 Å². The van der Waals surface area contributed by atoms with Crippen molar-refractivity contribution < 1.29 is 0 Å². The second kappa shape index (κ2) is 5.46. The summed E-state index contributed by atoms with van der Waals surface area (Å²) in [6.07, 6.45) is 5.51. The first-order valence-electron chi connectivity index (χ1n) is 8.97. The van der Waals surface area contributed by atoms with Crippen molar-refractivity contribution in [1.82, 2.24) is 14.6 Å². The molecule has 2 aromatic heterocycles. The van der Waals surface area contributed by atoms with Crippen LogP contribution in [0.3, 0.4) is 0 Å². The van der Waals surface area contributed by atoms with E-state index in [2.05, 4.69) is 11.2 Å². The quantitative estimate of drug-likeness (QED) is 0.756. The first-order chi connectivity index (χ1) is 12.6. The molecule has 1 fully saturated rings. The smallest absolute Gasteiger partial charge is 0.276 e. The number of nitrogens with one attached hydrogen (secondary N) is 1. The highest BCUT2D eigenvalue weighted by molar-refractivity contribution is 6.30. The number of aromatic nitrogens is 3. The fraction of sp³-hybridized carbons (Fsp3) is 0.350. The maximum Gasteiger partial charge on any atom is 0.276 e. The van der Waals surface area contributed by atoms with E-state index in [1.807, 2.05) is 24.3 Å². The molecule has 2 aliphatic carbocycles. The fourth-order valence-corrected chi connectivity index (χ4v) is 4.36. The lowest BCUT2D eigenvalue weighted by Gasteiger charge is -2.14. The summed E-state index contributed by atoms with van der Waals surface area (Å²) in [4.78, 5) is 17.7. The lowest BCUT2D eigenvalue weighted by molar-refractivity contribution is 0.649. The summed E-state index contributed by atoms with van der Waals surface area (Å²) in [5.74, 6) is 0. The van der Waals surface area contributed by atoms with Crippen LogP contribution in [0.1, 0.15) is 53.8 Å². The zero-order valence-electron chi connectivity index (χ0n) is 14.2. The Morgan fingerprint density at radius 3 is 2.62 bits per heavy atom. The van der Waals surface area contributed by atoms with E-state index >= 15 is 0 Å². The number of benzene rings is 1. The summed E-state index contributed by atoms with van der Waals surface area (Å²) < 4.78 is 1.48. The Kier molecular flexibility index (Phi) is 3.29. The molecule has 0 amide bonds. The summed E-state index contributed by atoms with van der Waals surface area (Å²) in [7, 11) is 0. The number of hydrogen-bond acceptors (Lipinski definition) is 3. The van der Waals surface area contributed by atoms with Crippen molar-refractivity contribution in [1.29, 1.82) is 5.26 Å². The summed E-state index contributed by atoms with van der Waals surface area (Å²) >= 11 is 6.03. The first-order valence-corrected chi connectivity index (χ1v) is 9.35. The second-order valence-electron chi connectivity index (χ2n) is 7.27. The molecule has 2 heterocycles. The van der Waals surface area contributed by atoms with Gasteiger partial charge in [0.15, 0.2) is 5.65 Å². The molecule has 3 aromatic rings. The minimum atomic E-state index is -0.254. The van der Waals surface area contributed by atoms with Gasteiger partial charge in [0, 0.05) is 16.0 Å². The van der Waals surface area contributed by atoms with Gasteiger partial charge in [0.25, 0.3) is 5.56 Å². The first kappa shape index (κ1) is 15.7. The average Bonchev–Trinajstić information content (AvgIpc) is 3.38. The number of H-pyrrole nitrogens is 1. The summed E-state index contributed by atoms with van der Waals surface area (Å²) in [5.41, 5.74) is 4.21. The molecule has 1 N–H and O–H groups in total. The van der Waals surface area contributed by atoms with Gasteiger partial charge in [-0.15, -0.1) is 0 Å². The van der Waals surface area contributed by atoms with Crippen molar-refractivity contribution in [3.63, 3.8) is 0 Å². The molecular weight excluding hydrogens is 348 g/mol. The normalized spacial score (nSPS) is 17.7. The minimum Gasteiger partial charge on any atom is -0.291 e. The highest BCUT2D eigenvalue weighted by Gasteiger charge is 2.49. The van der Waals surface area contributed by atoms with Crippen molar-refractivity contribution in [2.24, 2.45) is 0 Å². The average molecular weight is 365 g/mol. The molecule has 0 bridgehead atoms. The fourth-order valence-electron chi connectivity index (χ4n) is 4.23. The topological polar surface area (TPSA) is 73.9 Å². The lowest BCUT2D eigenvalue weighted by Crippen LogP contribution is -2.25. The molecule has 6 heteroatoms. The SMILES string of the molecule is N#Cc1c(C2(c3ccc(Cl)cc3)CC2)[nH]n2c(=O)c3c(nc12)CCCC3. The van der Waals surface area contributed by atoms with Crippen molar-refractivity contribution in [3.8, 4) is 6.07 Å². The number of fused-ring (bicyclic) bond motifs is 2. The third-order valence-corrected chi connectivity index (χ3v) is 6.04. The summed E-state index contributed by atoms with van der Waals surface area (Å²) in [6, 6.07) is 10.0. The Morgan fingerprint density at radius 2 is 1.92 bits per heavy atom. The van der Waals surface area contributed by atoms with E-state index in [0.717, 1.165) is 61.0 Å². The van der Waals surface area contributed by atoms with Crippen LogP contribution in [0.15, 0.2) is 29.1 Å². The van der Waals surface area contributed by atoms with Crippen LogP contribution in [0.4, 0.5) is 0 Å². The Labute approximate surface area is 155 Å². The standard InChI is InChI=1S/C20H17ClN4O/c21-13-7-5-12(6-8-13)20(9-10-20)17-15(11-22)18-23-16-4-2-1-3-14(16)19(26)25(18)24-17/h5-8,24H,1-4,9-10H2. The van der Waals surface area contributed by atoms with Crippen LogP contribution in [-0.4, -0.2) is 14.6 Å². The summed E-state index contributed by atoms with van der Waals surface area (Å²) in [6.45, 7) is 0. The Morgan fingerprint density at radius 1 is 1.19 bits per heavy atom. The Balaban J connectivity index is 1.77. The van der Waals surface area contributed by atoms with Gasteiger partial charge in [0.1, 0.15) is 11.6 Å². The molecule has 130 valence electrons. The zero-order valence-corrected chi connectivity index (χ0v) is 14.9. The van der Waals surface area contributed by atoms with Crippen LogP contribution >= 0.6 is 11.6 Å². The maximum absolute atomic E-state index is 12.9. The predicted octanol–water partition coefficient (Wildman–Crippen LogP) is 3.51. The van der Waals surface area contributed by atoms with E-state index in [0.29, 0.717) is 16.2 Å². The van der Waals surface area contributed by atoms with Gasteiger partial charge in [-0.3, -0.25) is 9.89 Å². The van der Waals surface area contributed by atoms with Crippen LogP contribution in [0.2, 0.25) is 5.02 Å². The zero-order chi connectivity index (χ0) is 17.9. The molecule has 0 radical (unpaired) electrons. The van der Waals surface area contributed by atoms with Crippen molar-refractivity contribution in [2.75, 3.05) is 0 Å². The van der Waals surface area contributed by atoms with Gasteiger partial charge >= 0.3 is 0 Å². The van der Waals surface area contributed by atoms with E-state index < -0.39 is 0 Å². The van der Waals surface area contributed by atoms with Crippen molar-refractivity contribution in [3.05, 3.63) is 67.7 Å². The molecule has 0 unspecified atom stereocenters. The Hall–Kier alpha value is -2.58. The van der Waals surface area contributed by atoms with E-state index in [4.69, 9.17) is 16.6 Å². The lowest BCUT2D eigenvalue weighted by atomic mass is 9.90. The minimum absolute atomic E-state index is 0.0562. The van der Waals surface area contributed by atoms with Gasteiger partial charge in [-0.1, -0.05) is 23.7 Å². The van der Waals surface area contributed by atoms with E-state index in [1.54, 1.807) is 0 Å². The van der Waals surface area contributed by atoms with E-state index in [9.17, 15) is 10.1 Å². The molecule has 0 atom stereocenters. The number of hydrogen-bond donors (Lipinski definition) is 1. The third kappa shape index (κ3) is 2.09. The van der Waals surface area contributed by atoms with Crippen LogP contribution in [0, 0.1) is 11.3 Å². The van der Waals surface area contributed by atoms with Gasteiger partial charge in [0.2, 0.25) is 0 Å². The number of halogens is 1. The third-order valence-electron chi connectivity index (χ3n) is 5.79. The number of rotatable bonds is 2. The van der Waals surface area contributed by atoms with Crippen molar-refractivity contribution in [2.45, 2.75) is 43.9 Å². The molecule has 0 aliphatic heterocycles. The molecule has 0 spiro atoms. The number of nitrogens with zero attached hydrogens (tertiary/aromatic N) is 3. The van der Waals surface area contributed by atoms with Crippen LogP contribution in [0.25, 0.3) is 5.65 Å². The molecule has 0 saturated heterocycles. The van der Waals surface area contributed by atoms with Gasteiger partial charge < -0.3 is 0 Å². The number of nitriles is 1. The largest absolute Gasteiger partial charge is 0.291 e. The molecule has 1 aromatic carbocycles. The molecule has 1 saturated carbocycles. The van der Waals surface area contributed by atoms with Crippen LogP contribution < -0.4 is 5.56 Å². The molecular formula is C20H17ClN4O. The van der Waals surface area contributed by atoms with Crippen LogP contribution in [-0.2, 0) is 18.3 Å². The maximum atomic E-state index is 12.9.